The first-order chi connectivity index (χ1) is 5.43. The summed E-state index contributed by atoms with van der Waals surface area (Å²) in [6.07, 6.45) is 0. The van der Waals surface area contributed by atoms with Gasteiger partial charge in [0.15, 0.2) is 0 Å². The zero-order valence-electron chi connectivity index (χ0n) is 6.65. The maximum atomic E-state index is 11.0. The van der Waals surface area contributed by atoms with Gasteiger partial charge in [-0.2, -0.15) is 12.7 Å². The van der Waals surface area contributed by atoms with Crippen molar-refractivity contribution in [2.24, 2.45) is 5.14 Å². The van der Waals surface area contributed by atoms with Crippen molar-refractivity contribution in [2.75, 3.05) is 13.1 Å². The smallest absolute Gasteiger partial charge is 0.277 e. The van der Waals surface area contributed by atoms with Crippen molar-refractivity contribution in [1.82, 2.24) is 9.62 Å². The lowest BCUT2D eigenvalue weighted by Gasteiger charge is -2.29. The minimum Gasteiger partial charge on any atom is -0.353 e. The highest BCUT2D eigenvalue weighted by molar-refractivity contribution is 7.86. The van der Waals surface area contributed by atoms with Crippen molar-refractivity contribution >= 4 is 16.1 Å². The Balaban J connectivity index is 2.85. The molecule has 1 saturated heterocycles. The van der Waals surface area contributed by atoms with E-state index in [0.717, 1.165) is 4.31 Å². The summed E-state index contributed by atoms with van der Waals surface area (Å²) in [6, 6.07) is -0.700. The van der Waals surface area contributed by atoms with E-state index < -0.39 is 16.3 Å². The van der Waals surface area contributed by atoms with Crippen LogP contribution in [0.2, 0.25) is 0 Å². The van der Waals surface area contributed by atoms with E-state index in [2.05, 4.69) is 5.32 Å². The summed E-state index contributed by atoms with van der Waals surface area (Å²) in [5.74, 6) is -0.310. The SMILES string of the molecule is CC1C(=O)NCCN1S(N)(=O)=O. The van der Waals surface area contributed by atoms with Gasteiger partial charge in [-0.15, -0.1) is 0 Å². The molecule has 1 atom stereocenters. The summed E-state index contributed by atoms with van der Waals surface area (Å²) < 4.78 is 22.7. The van der Waals surface area contributed by atoms with Gasteiger partial charge in [0, 0.05) is 13.1 Å². The summed E-state index contributed by atoms with van der Waals surface area (Å²) in [7, 11) is -3.74. The van der Waals surface area contributed by atoms with E-state index in [1.54, 1.807) is 0 Å². The molecule has 1 rings (SSSR count). The van der Waals surface area contributed by atoms with E-state index in [1.807, 2.05) is 0 Å². The van der Waals surface area contributed by atoms with E-state index in [0.29, 0.717) is 6.54 Å². The summed E-state index contributed by atoms with van der Waals surface area (Å²) in [5.41, 5.74) is 0. The van der Waals surface area contributed by atoms with Crippen LogP contribution in [-0.2, 0) is 15.0 Å². The standard InChI is InChI=1S/C5H11N3O3S/c1-4-5(9)7-2-3-8(4)12(6,10)11/h4H,2-3H2,1H3,(H,7,9)(H2,6,10,11). The van der Waals surface area contributed by atoms with Crippen molar-refractivity contribution in [3.8, 4) is 0 Å². The molecule has 0 saturated carbocycles. The monoisotopic (exact) mass is 193 g/mol. The highest BCUT2D eigenvalue weighted by atomic mass is 32.2. The average Bonchev–Trinajstić information content (AvgIpc) is 1.92. The highest BCUT2D eigenvalue weighted by Crippen LogP contribution is 2.06. The fraction of sp³-hybridized carbons (Fsp3) is 0.800. The number of nitrogens with one attached hydrogen (secondary N) is 1. The summed E-state index contributed by atoms with van der Waals surface area (Å²) in [4.78, 5) is 11.0. The van der Waals surface area contributed by atoms with Crippen LogP contribution >= 0.6 is 0 Å². The Morgan fingerprint density at radius 3 is 2.67 bits per heavy atom. The molecule has 1 heterocycles. The number of hydrogen-bond donors (Lipinski definition) is 2. The van der Waals surface area contributed by atoms with Gasteiger partial charge in [0.1, 0.15) is 6.04 Å². The molecule has 0 aromatic heterocycles. The predicted molar refractivity (Wildman–Crippen MR) is 42.3 cm³/mol. The largest absolute Gasteiger partial charge is 0.353 e. The van der Waals surface area contributed by atoms with Gasteiger partial charge < -0.3 is 5.32 Å². The first kappa shape index (κ1) is 9.43. The van der Waals surface area contributed by atoms with Gasteiger partial charge in [-0.1, -0.05) is 0 Å². The Morgan fingerprint density at radius 1 is 1.67 bits per heavy atom. The number of rotatable bonds is 1. The molecule has 1 fully saturated rings. The number of nitrogens with zero attached hydrogens (tertiary/aromatic N) is 1. The summed E-state index contributed by atoms with van der Waals surface area (Å²) in [5, 5.41) is 7.41. The minimum absolute atomic E-state index is 0.242. The van der Waals surface area contributed by atoms with Gasteiger partial charge in [-0.3, -0.25) is 4.79 Å². The van der Waals surface area contributed by atoms with Crippen molar-refractivity contribution in [3.05, 3.63) is 0 Å². The maximum Gasteiger partial charge on any atom is 0.277 e. The van der Waals surface area contributed by atoms with E-state index >= 15 is 0 Å². The van der Waals surface area contributed by atoms with E-state index in [1.165, 1.54) is 6.92 Å². The van der Waals surface area contributed by atoms with Crippen LogP contribution in [-0.4, -0.2) is 37.8 Å². The zero-order valence-corrected chi connectivity index (χ0v) is 7.47. The number of carbonyl (C=O) groups excluding carboxylic acids is 1. The average molecular weight is 193 g/mol. The van der Waals surface area contributed by atoms with Crippen LogP contribution in [0.5, 0.6) is 0 Å². The van der Waals surface area contributed by atoms with Crippen molar-refractivity contribution in [3.63, 3.8) is 0 Å². The molecule has 0 aromatic rings. The van der Waals surface area contributed by atoms with Crippen molar-refractivity contribution < 1.29 is 13.2 Å². The molecule has 3 N–H and O–H groups in total. The molecule has 0 radical (unpaired) electrons. The second kappa shape index (κ2) is 3.00. The Morgan fingerprint density at radius 2 is 2.25 bits per heavy atom. The lowest BCUT2D eigenvalue weighted by Crippen LogP contribution is -2.57. The molecule has 1 unspecified atom stereocenters. The third-order valence-electron chi connectivity index (χ3n) is 1.77. The van der Waals surface area contributed by atoms with Crippen molar-refractivity contribution in [2.45, 2.75) is 13.0 Å². The Labute approximate surface area is 70.9 Å². The van der Waals surface area contributed by atoms with E-state index in [4.69, 9.17) is 5.14 Å². The lowest BCUT2D eigenvalue weighted by molar-refractivity contribution is -0.126. The van der Waals surface area contributed by atoms with Crippen LogP contribution in [0.1, 0.15) is 6.92 Å². The number of hydrogen-bond acceptors (Lipinski definition) is 3. The lowest BCUT2D eigenvalue weighted by atomic mass is 10.2. The Bertz CT molecular complexity index is 286. The van der Waals surface area contributed by atoms with Gasteiger partial charge in [-0.25, -0.2) is 5.14 Å². The van der Waals surface area contributed by atoms with Crippen molar-refractivity contribution in [1.29, 1.82) is 0 Å². The number of piperazine rings is 1. The van der Waals surface area contributed by atoms with Gasteiger partial charge in [0.05, 0.1) is 0 Å². The van der Waals surface area contributed by atoms with Crippen LogP contribution in [0, 0.1) is 0 Å². The molecule has 0 spiro atoms. The third kappa shape index (κ3) is 1.74. The van der Waals surface area contributed by atoms with Crippen LogP contribution < -0.4 is 10.5 Å². The summed E-state index contributed by atoms with van der Waals surface area (Å²) >= 11 is 0. The molecule has 0 aliphatic carbocycles. The van der Waals surface area contributed by atoms with Gasteiger partial charge in [0.25, 0.3) is 10.2 Å². The highest BCUT2D eigenvalue weighted by Gasteiger charge is 2.31. The first-order valence-corrected chi connectivity index (χ1v) is 5.00. The zero-order chi connectivity index (χ0) is 9.35. The second-order valence-corrected chi connectivity index (χ2v) is 4.12. The molecule has 0 aromatic carbocycles. The second-order valence-electron chi connectivity index (χ2n) is 2.62. The molecule has 1 aliphatic rings. The first-order valence-electron chi connectivity index (χ1n) is 3.50. The molecule has 70 valence electrons. The predicted octanol–water partition coefficient (Wildman–Crippen LogP) is -1.99. The molecule has 6 nitrogen and oxygen atoms in total. The molecule has 12 heavy (non-hydrogen) atoms. The van der Waals surface area contributed by atoms with Gasteiger partial charge in [0.2, 0.25) is 5.91 Å². The van der Waals surface area contributed by atoms with Crippen LogP contribution in [0.4, 0.5) is 0 Å². The Kier molecular flexibility index (Phi) is 2.36. The number of nitrogens with two attached hydrogens (primary N) is 1. The Hall–Kier alpha value is -0.660. The number of amides is 1. The topological polar surface area (TPSA) is 92.5 Å². The molecule has 0 bridgehead atoms. The van der Waals surface area contributed by atoms with E-state index in [-0.39, 0.29) is 12.5 Å². The van der Waals surface area contributed by atoms with Crippen LogP contribution in [0.25, 0.3) is 0 Å². The molecule has 1 aliphatic heterocycles. The molecular formula is C5H11N3O3S. The number of carbonyl (C=O) groups is 1. The summed E-state index contributed by atoms with van der Waals surface area (Å²) in [6.45, 7) is 2.06. The van der Waals surface area contributed by atoms with Gasteiger partial charge in [-0.05, 0) is 6.92 Å². The maximum absolute atomic E-state index is 11.0. The normalized spacial score (nSPS) is 26.8. The molecule has 7 heteroatoms. The van der Waals surface area contributed by atoms with Gasteiger partial charge >= 0.3 is 0 Å². The fourth-order valence-electron chi connectivity index (χ4n) is 1.11. The van der Waals surface area contributed by atoms with Crippen LogP contribution in [0.15, 0.2) is 0 Å². The molecule has 1 amide bonds. The van der Waals surface area contributed by atoms with E-state index in [9.17, 15) is 13.2 Å². The molecular weight excluding hydrogens is 182 g/mol. The van der Waals surface area contributed by atoms with Crippen LogP contribution in [0.3, 0.4) is 0 Å². The minimum atomic E-state index is -3.74. The third-order valence-corrected chi connectivity index (χ3v) is 2.92. The quantitative estimate of drug-likeness (QED) is 0.505. The fourth-order valence-corrected chi connectivity index (χ4v) is 1.99.